The van der Waals surface area contributed by atoms with E-state index in [0.29, 0.717) is 25.9 Å². The van der Waals surface area contributed by atoms with E-state index in [4.69, 9.17) is 4.74 Å². The number of hydrogen-bond acceptors (Lipinski definition) is 5. The molecule has 496 valence electrons. The monoisotopic (exact) mass is 1170 g/mol. The summed E-state index contributed by atoms with van der Waals surface area (Å²) in [7, 11) is 0. The van der Waals surface area contributed by atoms with E-state index in [-0.39, 0.29) is 18.5 Å². The first kappa shape index (κ1) is 81.9. The highest BCUT2D eigenvalue weighted by Gasteiger charge is 2.20. The maximum Gasteiger partial charge on any atom is 0.305 e. The van der Waals surface area contributed by atoms with E-state index in [9.17, 15) is 19.8 Å². The zero-order valence-corrected chi connectivity index (χ0v) is 57.0. The third-order valence-electron chi connectivity index (χ3n) is 18.7. The summed E-state index contributed by atoms with van der Waals surface area (Å²) in [5.74, 6) is 0.000645. The molecule has 0 aliphatic rings. The smallest absolute Gasteiger partial charge is 0.305 e. The van der Waals surface area contributed by atoms with Crippen LogP contribution >= 0.6 is 0 Å². The minimum atomic E-state index is -0.661. The number of esters is 1. The van der Waals surface area contributed by atoms with E-state index in [1.807, 2.05) is 0 Å². The summed E-state index contributed by atoms with van der Waals surface area (Å²) in [6.45, 7) is 5.02. The molecule has 0 radical (unpaired) electrons. The minimum absolute atomic E-state index is 0.0249. The van der Waals surface area contributed by atoms with Gasteiger partial charge in [0.1, 0.15) is 0 Å². The molecule has 0 aromatic rings. The first-order valence-electron chi connectivity index (χ1n) is 38.8. The first-order chi connectivity index (χ1) is 41.0. The summed E-state index contributed by atoms with van der Waals surface area (Å²) in [5, 5.41) is 23.4. The Balaban J connectivity index is 3.31. The van der Waals surface area contributed by atoms with Gasteiger partial charge in [-0.15, -0.1) is 0 Å². The van der Waals surface area contributed by atoms with Crippen LogP contribution in [0, 0.1) is 0 Å². The molecular weight excluding hydrogens is 1020 g/mol. The average molecular weight is 1170 g/mol. The van der Waals surface area contributed by atoms with Gasteiger partial charge in [0.05, 0.1) is 25.4 Å². The van der Waals surface area contributed by atoms with Gasteiger partial charge in [-0.1, -0.05) is 418 Å². The Labute approximate surface area is 521 Å². The summed E-state index contributed by atoms with van der Waals surface area (Å²) in [5.41, 5.74) is 0. The van der Waals surface area contributed by atoms with E-state index in [2.05, 4.69) is 19.2 Å². The fraction of sp³-hybridized carbons (Fsp3) is 0.974. The summed E-state index contributed by atoms with van der Waals surface area (Å²) in [4.78, 5) is 24.6. The Morgan fingerprint density at radius 3 is 0.735 bits per heavy atom. The molecule has 1 amide bonds. The molecular formula is C77H153NO5. The lowest BCUT2D eigenvalue weighted by atomic mass is 10.0. The number of aliphatic hydroxyl groups is 2. The molecule has 0 fully saturated rings. The van der Waals surface area contributed by atoms with Crippen molar-refractivity contribution >= 4 is 11.9 Å². The predicted molar refractivity (Wildman–Crippen MR) is 366 cm³/mol. The number of carbonyl (C=O) groups is 2. The third-order valence-corrected chi connectivity index (χ3v) is 18.7. The standard InChI is InChI=1S/C77H153NO5/c1-3-5-7-9-11-13-15-17-19-20-35-38-42-45-49-53-57-61-65-69-75(80)74(73-79)78-76(81)70-66-62-58-54-50-46-43-39-36-33-31-29-27-25-23-21-22-24-26-28-30-32-34-37-40-44-48-52-56-60-64-68-72-83-77(82)71-67-63-59-55-51-47-41-18-16-14-12-10-8-6-4-2/h74-75,79-80H,3-73H2,1-2H3,(H,78,81). The SMILES string of the molecule is CCCCCCCCCCCCCCCCCCCCCC(O)C(CO)NC(=O)CCCCCCCCCCCCCCCCCCCCCCCCCCCCCCCCCCOC(=O)CCCCCCCCCCCCCCCCC. The lowest BCUT2D eigenvalue weighted by Gasteiger charge is -2.22. The molecule has 0 spiro atoms. The zero-order chi connectivity index (χ0) is 59.9. The van der Waals surface area contributed by atoms with Crippen LogP contribution in [0.5, 0.6) is 0 Å². The molecule has 0 saturated carbocycles. The molecule has 2 atom stereocenters. The summed E-state index contributed by atoms with van der Waals surface area (Å²) >= 11 is 0. The van der Waals surface area contributed by atoms with Crippen molar-refractivity contribution in [3.63, 3.8) is 0 Å². The van der Waals surface area contributed by atoms with Crippen molar-refractivity contribution in [1.29, 1.82) is 0 Å². The number of unbranched alkanes of at least 4 members (excludes halogenated alkanes) is 63. The Morgan fingerprint density at radius 1 is 0.289 bits per heavy atom. The van der Waals surface area contributed by atoms with Gasteiger partial charge in [-0.25, -0.2) is 0 Å². The second-order valence-electron chi connectivity index (χ2n) is 27.1. The number of rotatable bonds is 74. The highest BCUT2D eigenvalue weighted by atomic mass is 16.5. The molecule has 0 rings (SSSR count). The first-order valence-corrected chi connectivity index (χ1v) is 38.8. The maximum absolute atomic E-state index is 12.6. The minimum Gasteiger partial charge on any atom is -0.466 e. The fourth-order valence-electron chi connectivity index (χ4n) is 12.8. The number of hydrogen-bond donors (Lipinski definition) is 3. The van der Waals surface area contributed by atoms with Crippen LogP contribution in [-0.2, 0) is 14.3 Å². The van der Waals surface area contributed by atoms with Gasteiger partial charge >= 0.3 is 5.97 Å². The molecule has 0 heterocycles. The van der Waals surface area contributed by atoms with E-state index >= 15 is 0 Å². The molecule has 0 saturated heterocycles. The van der Waals surface area contributed by atoms with Gasteiger partial charge in [0.15, 0.2) is 0 Å². The summed E-state index contributed by atoms with van der Waals surface area (Å²) in [6, 6.07) is -0.537. The Bertz CT molecular complexity index is 1210. The molecule has 6 nitrogen and oxygen atoms in total. The van der Waals surface area contributed by atoms with Crippen molar-refractivity contribution in [2.75, 3.05) is 13.2 Å². The van der Waals surface area contributed by atoms with E-state index in [1.165, 1.54) is 385 Å². The van der Waals surface area contributed by atoms with Gasteiger partial charge in [-0.3, -0.25) is 9.59 Å². The predicted octanol–water partition coefficient (Wildman–Crippen LogP) is 25.3. The second kappa shape index (κ2) is 73.3. The summed E-state index contributed by atoms with van der Waals surface area (Å²) in [6.07, 6.45) is 90.5. The highest BCUT2D eigenvalue weighted by molar-refractivity contribution is 5.76. The van der Waals surface area contributed by atoms with Gasteiger partial charge < -0.3 is 20.3 Å². The van der Waals surface area contributed by atoms with Crippen LogP contribution in [0.1, 0.15) is 457 Å². The van der Waals surface area contributed by atoms with Gasteiger partial charge in [0.2, 0.25) is 5.91 Å². The average Bonchev–Trinajstić information content (AvgIpc) is 3.49. The van der Waals surface area contributed by atoms with Crippen LogP contribution in [-0.4, -0.2) is 47.4 Å². The van der Waals surface area contributed by atoms with Crippen LogP contribution in [0.15, 0.2) is 0 Å². The topological polar surface area (TPSA) is 95.9 Å². The molecule has 2 unspecified atom stereocenters. The summed E-state index contributed by atoms with van der Waals surface area (Å²) < 4.78 is 5.51. The molecule has 0 aliphatic carbocycles. The molecule has 0 aromatic carbocycles. The van der Waals surface area contributed by atoms with Gasteiger partial charge in [0.25, 0.3) is 0 Å². The van der Waals surface area contributed by atoms with Crippen LogP contribution in [0.3, 0.4) is 0 Å². The van der Waals surface area contributed by atoms with Crippen molar-refractivity contribution in [3.8, 4) is 0 Å². The fourth-order valence-corrected chi connectivity index (χ4v) is 12.8. The molecule has 83 heavy (non-hydrogen) atoms. The molecule has 0 bridgehead atoms. The van der Waals surface area contributed by atoms with Crippen molar-refractivity contribution in [3.05, 3.63) is 0 Å². The Kier molecular flexibility index (Phi) is 72.3. The van der Waals surface area contributed by atoms with E-state index in [1.54, 1.807) is 0 Å². The molecule has 3 N–H and O–H groups in total. The lowest BCUT2D eigenvalue weighted by molar-refractivity contribution is -0.143. The van der Waals surface area contributed by atoms with Gasteiger partial charge in [-0.2, -0.15) is 0 Å². The molecule has 0 aliphatic heterocycles. The quantitative estimate of drug-likeness (QED) is 0.0417. The van der Waals surface area contributed by atoms with Crippen LogP contribution in [0.2, 0.25) is 0 Å². The number of carbonyl (C=O) groups excluding carboxylic acids is 2. The highest BCUT2D eigenvalue weighted by Crippen LogP contribution is 2.20. The van der Waals surface area contributed by atoms with Crippen molar-refractivity contribution in [1.82, 2.24) is 5.32 Å². The Hall–Kier alpha value is -1.14. The maximum atomic E-state index is 12.6. The number of aliphatic hydroxyl groups excluding tert-OH is 2. The third kappa shape index (κ3) is 69.8. The number of nitrogens with one attached hydrogen (secondary N) is 1. The van der Waals surface area contributed by atoms with Crippen molar-refractivity contribution in [2.24, 2.45) is 0 Å². The van der Waals surface area contributed by atoms with Gasteiger partial charge in [-0.05, 0) is 25.7 Å². The van der Waals surface area contributed by atoms with Gasteiger partial charge in [0, 0.05) is 12.8 Å². The lowest BCUT2D eigenvalue weighted by Crippen LogP contribution is -2.45. The Morgan fingerprint density at radius 2 is 0.494 bits per heavy atom. The van der Waals surface area contributed by atoms with Crippen LogP contribution in [0.4, 0.5) is 0 Å². The zero-order valence-electron chi connectivity index (χ0n) is 57.0. The normalized spacial score (nSPS) is 12.4. The second-order valence-corrected chi connectivity index (χ2v) is 27.1. The molecule has 0 aromatic heterocycles. The van der Waals surface area contributed by atoms with E-state index in [0.717, 1.165) is 38.5 Å². The van der Waals surface area contributed by atoms with Crippen molar-refractivity contribution in [2.45, 2.75) is 469 Å². The molecule has 6 heteroatoms. The number of amides is 1. The largest absolute Gasteiger partial charge is 0.466 e. The van der Waals surface area contributed by atoms with Crippen LogP contribution in [0.25, 0.3) is 0 Å². The van der Waals surface area contributed by atoms with Crippen molar-refractivity contribution < 1.29 is 24.5 Å². The van der Waals surface area contributed by atoms with E-state index < -0.39 is 12.1 Å². The number of ether oxygens (including phenoxy) is 1. The van der Waals surface area contributed by atoms with Crippen LogP contribution < -0.4 is 5.32 Å².